The lowest BCUT2D eigenvalue weighted by Crippen LogP contribution is -2.30. The second-order valence-electron chi connectivity index (χ2n) is 5.89. The molecule has 20 heavy (non-hydrogen) atoms. The number of benzene rings is 1. The van der Waals surface area contributed by atoms with Crippen LogP contribution in [-0.4, -0.2) is 32.4 Å². The van der Waals surface area contributed by atoms with Crippen LogP contribution in [0.3, 0.4) is 0 Å². The van der Waals surface area contributed by atoms with E-state index in [4.69, 9.17) is 4.74 Å². The van der Waals surface area contributed by atoms with Gasteiger partial charge in [0.05, 0.1) is 19.3 Å². The van der Waals surface area contributed by atoms with Crippen molar-refractivity contribution in [1.82, 2.24) is 5.32 Å². The molecule has 0 saturated carbocycles. The fraction of sp³-hybridized carbons (Fsp3) is 0.500. The van der Waals surface area contributed by atoms with Crippen molar-refractivity contribution in [3.05, 3.63) is 35.6 Å². The lowest BCUT2D eigenvalue weighted by atomic mass is 10.1. The molecular weight excluding hydrogens is 277 g/mol. The fourth-order valence-electron chi connectivity index (χ4n) is 1.48. The Morgan fingerprint density at radius 2 is 1.95 bits per heavy atom. The van der Waals surface area contributed by atoms with Crippen LogP contribution >= 0.6 is 0 Å². The zero-order chi connectivity index (χ0) is 15.2. The summed E-state index contributed by atoms with van der Waals surface area (Å²) in [5, 5.41) is 12.3. The molecule has 0 aliphatic rings. The molecule has 0 radical (unpaired) electrons. The fourth-order valence-corrected chi connectivity index (χ4v) is 2.20. The number of carbonyl (C=O) groups excluding carboxylic acids is 1. The van der Waals surface area contributed by atoms with Gasteiger partial charge in [-0.05, 0) is 23.7 Å². The van der Waals surface area contributed by atoms with Crippen molar-refractivity contribution >= 4 is 14.2 Å². The molecule has 0 fully saturated rings. The molecule has 0 unspecified atom stereocenters. The van der Waals surface area contributed by atoms with Gasteiger partial charge in [0, 0.05) is 8.07 Å². The molecule has 6 heteroatoms. The second kappa shape index (κ2) is 7.40. The quantitative estimate of drug-likeness (QED) is 0.794. The van der Waals surface area contributed by atoms with E-state index >= 15 is 0 Å². The zero-order valence-electron chi connectivity index (χ0n) is 12.1. The van der Waals surface area contributed by atoms with Crippen molar-refractivity contribution in [2.45, 2.75) is 31.8 Å². The lowest BCUT2D eigenvalue weighted by molar-refractivity contribution is 0.135. The van der Waals surface area contributed by atoms with E-state index in [0.717, 1.165) is 6.04 Å². The van der Waals surface area contributed by atoms with Crippen LogP contribution in [0, 0.1) is 5.82 Å². The highest BCUT2D eigenvalue weighted by Crippen LogP contribution is 2.12. The molecule has 0 aliphatic heterocycles. The van der Waals surface area contributed by atoms with Crippen LogP contribution in [0.4, 0.5) is 9.18 Å². The van der Waals surface area contributed by atoms with Crippen molar-refractivity contribution < 1.29 is 19.0 Å². The van der Waals surface area contributed by atoms with Crippen LogP contribution in [0.15, 0.2) is 24.3 Å². The topological polar surface area (TPSA) is 58.6 Å². The highest BCUT2D eigenvalue weighted by atomic mass is 28.3. The molecular formula is C14H22FNO3Si. The summed E-state index contributed by atoms with van der Waals surface area (Å²) in [6, 6.07) is 6.41. The van der Waals surface area contributed by atoms with Crippen LogP contribution in [0.5, 0.6) is 0 Å². The summed E-state index contributed by atoms with van der Waals surface area (Å²) in [7, 11) is -1.22. The standard InChI is InChI=1S/C14H22FNO3Si/c1-20(2,3)9-8-19-14(18)16-10-13(17)11-4-6-12(15)7-5-11/h4-7,13,17H,8-10H2,1-3H3,(H,16,18)/t13-/m1/s1. The minimum Gasteiger partial charge on any atom is -0.450 e. The van der Waals surface area contributed by atoms with Crippen molar-refractivity contribution in [3.8, 4) is 0 Å². The van der Waals surface area contributed by atoms with Crippen LogP contribution in [0.25, 0.3) is 0 Å². The Bertz CT molecular complexity index is 431. The summed E-state index contributed by atoms with van der Waals surface area (Å²) in [6.07, 6.45) is -1.41. The maximum absolute atomic E-state index is 12.7. The Morgan fingerprint density at radius 1 is 1.35 bits per heavy atom. The number of halogens is 1. The molecule has 0 saturated heterocycles. The SMILES string of the molecule is C[Si](C)(C)CCOC(=O)NC[C@@H](O)c1ccc(F)cc1. The van der Waals surface area contributed by atoms with Gasteiger partial charge < -0.3 is 15.2 Å². The zero-order valence-corrected chi connectivity index (χ0v) is 13.1. The van der Waals surface area contributed by atoms with Crippen LogP contribution < -0.4 is 5.32 Å². The van der Waals surface area contributed by atoms with E-state index in [0.29, 0.717) is 12.2 Å². The molecule has 1 aromatic carbocycles. The van der Waals surface area contributed by atoms with E-state index in [-0.39, 0.29) is 12.4 Å². The van der Waals surface area contributed by atoms with Gasteiger partial charge in [0.1, 0.15) is 5.82 Å². The van der Waals surface area contributed by atoms with Crippen molar-refractivity contribution in [3.63, 3.8) is 0 Å². The molecule has 1 aromatic rings. The van der Waals surface area contributed by atoms with Gasteiger partial charge in [-0.2, -0.15) is 0 Å². The number of aliphatic hydroxyl groups is 1. The predicted molar refractivity (Wildman–Crippen MR) is 78.9 cm³/mol. The number of nitrogens with one attached hydrogen (secondary N) is 1. The Kier molecular flexibility index (Phi) is 6.16. The van der Waals surface area contributed by atoms with Crippen molar-refractivity contribution in [2.75, 3.05) is 13.2 Å². The van der Waals surface area contributed by atoms with Gasteiger partial charge in [-0.15, -0.1) is 0 Å². The molecule has 1 atom stereocenters. The Balaban J connectivity index is 2.28. The third kappa shape index (κ3) is 6.67. The molecule has 4 nitrogen and oxygen atoms in total. The molecule has 0 aliphatic carbocycles. The molecule has 0 aromatic heterocycles. The Morgan fingerprint density at radius 3 is 2.50 bits per heavy atom. The van der Waals surface area contributed by atoms with E-state index in [1.807, 2.05) is 0 Å². The number of amides is 1. The maximum Gasteiger partial charge on any atom is 0.407 e. The number of alkyl carbamates (subject to hydrolysis) is 1. The largest absolute Gasteiger partial charge is 0.450 e. The van der Waals surface area contributed by atoms with Crippen molar-refractivity contribution in [2.24, 2.45) is 0 Å². The van der Waals surface area contributed by atoms with Crippen LogP contribution in [0.1, 0.15) is 11.7 Å². The van der Waals surface area contributed by atoms with Crippen LogP contribution in [-0.2, 0) is 4.74 Å². The van der Waals surface area contributed by atoms with E-state index in [2.05, 4.69) is 25.0 Å². The van der Waals surface area contributed by atoms with Gasteiger partial charge in [0.15, 0.2) is 0 Å². The average Bonchev–Trinajstić information content (AvgIpc) is 2.35. The summed E-state index contributed by atoms with van der Waals surface area (Å²) >= 11 is 0. The van der Waals surface area contributed by atoms with Crippen molar-refractivity contribution in [1.29, 1.82) is 0 Å². The minimum atomic E-state index is -1.22. The van der Waals surface area contributed by atoms with E-state index in [1.54, 1.807) is 0 Å². The highest BCUT2D eigenvalue weighted by molar-refractivity contribution is 6.76. The van der Waals surface area contributed by atoms with Gasteiger partial charge in [0.2, 0.25) is 0 Å². The second-order valence-corrected chi connectivity index (χ2v) is 11.5. The number of hydrogen-bond acceptors (Lipinski definition) is 3. The minimum absolute atomic E-state index is 0.0391. The lowest BCUT2D eigenvalue weighted by Gasteiger charge is -2.16. The first kappa shape index (κ1) is 16.7. The van der Waals surface area contributed by atoms with Crippen LogP contribution in [0.2, 0.25) is 25.7 Å². The van der Waals surface area contributed by atoms with Gasteiger partial charge in [-0.25, -0.2) is 9.18 Å². The summed E-state index contributed by atoms with van der Waals surface area (Å²) in [5.41, 5.74) is 0.550. The maximum atomic E-state index is 12.7. The molecule has 2 N–H and O–H groups in total. The van der Waals surface area contributed by atoms with Gasteiger partial charge in [-0.3, -0.25) is 0 Å². The monoisotopic (exact) mass is 299 g/mol. The number of hydrogen-bond donors (Lipinski definition) is 2. The van der Waals surface area contributed by atoms with E-state index in [9.17, 15) is 14.3 Å². The molecule has 0 heterocycles. The Hall–Kier alpha value is -1.40. The van der Waals surface area contributed by atoms with E-state index in [1.165, 1.54) is 24.3 Å². The number of rotatable bonds is 6. The number of ether oxygens (including phenoxy) is 1. The molecule has 1 amide bonds. The van der Waals surface area contributed by atoms with E-state index < -0.39 is 20.3 Å². The number of aliphatic hydroxyl groups excluding tert-OH is 1. The number of carbonyl (C=O) groups is 1. The summed E-state index contributed by atoms with van der Waals surface area (Å²) in [4.78, 5) is 11.4. The first-order chi connectivity index (χ1) is 9.28. The first-order valence-corrected chi connectivity index (χ1v) is 10.3. The summed E-state index contributed by atoms with van der Waals surface area (Å²) in [5.74, 6) is -0.361. The smallest absolute Gasteiger partial charge is 0.407 e. The molecule has 0 bridgehead atoms. The van der Waals surface area contributed by atoms with Gasteiger partial charge in [-0.1, -0.05) is 31.8 Å². The summed E-state index contributed by atoms with van der Waals surface area (Å²) in [6.45, 7) is 7.04. The first-order valence-electron chi connectivity index (χ1n) is 6.62. The molecule has 0 spiro atoms. The third-order valence-electron chi connectivity index (χ3n) is 2.78. The summed E-state index contributed by atoms with van der Waals surface area (Å²) < 4.78 is 17.8. The average molecular weight is 299 g/mol. The Labute approximate surface area is 120 Å². The molecule has 112 valence electrons. The predicted octanol–water partition coefficient (Wildman–Crippen LogP) is 2.92. The third-order valence-corrected chi connectivity index (χ3v) is 4.48. The van der Waals surface area contributed by atoms with Gasteiger partial charge in [0.25, 0.3) is 0 Å². The normalized spacial score (nSPS) is 12.8. The van der Waals surface area contributed by atoms with Gasteiger partial charge >= 0.3 is 6.09 Å². The highest BCUT2D eigenvalue weighted by Gasteiger charge is 2.14. The molecule has 1 rings (SSSR count).